The standard InChI is InChI=1S/C16H23N3O2S/c1-16(2,3)12-9-22-15(17-12)18-14(21)11-6-13(20)19(8-11)7-10-4-5-10/h9-11H,4-8H2,1-3H3,(H,17,18,21). The summed E-state index contributed by atoms with van der Waals surface area (Å²) in [6, 6.07) is 0. The Morgan fingerprint density at radius 3 is 2.77 bits per heavy atom. The van der Waals surface area contributed by atoms with E-state index in [2.05, 4.69) is 31.1 Å². The molecule has 22 heavy (non-hydrogen) atoms. The number of nitrogens with one attached hydrogen (secondary N) is 1. The summed E-state index contributed by atoms with van der Waals surface area (Å²) in [4.78, 5) is 30.6. The molecular formula is C16H23N3O2S. The molecule has 0 spiro atoms. The third kappa shape index (κ3) is 3.48. The van der Waals surface area contributed by atoms with Crippen LogP contribution in [-0.4, -0.2) is 34.8 Å². The molecule has 1 aromatic heterocycles. The third-order valence-electron chi connectivity index (χ3n) is 4.26. The number of carbonyl (C=O) groups excluding carboxylic acids is 2. The number of aromatic nitrogens is 1. The molecule has 6 heteroatoms. The van der Waals surface area contributed by atoms with Crippen LogP contribution in [0.15, 0.2) is 5.38 Å². The Bertz CT molecular complexity index is 586. The SMILES string of the molecule is CC(C)(C)c1csc(NC(=O)C2CC(=O)N(CC3CC3)C2)n1. The minimum Gasteiger partial charge on any atom is -0.342 e. The van der Waals surface area contributed by atoms with Crippen molar-refractivity contribution in [3.05, 3.63) is 11.1 Å². The van der Waals surface area contributed by atoms with Gasteiger partial charge in [-0.3, -0.25) is 9.59 Å². The molecule has 1 N–H and O–H groups in total. The maximum Gasteiger partial charge on any atom is 0.231 e. The summed E-state index contributed by atoms with van der Waals surface area (Å²) in [6.45, 7) is 7.67. The second kappa shape index (κ2) is 5.65. The number of nitrogens with zero attached hydrogens (tertiary/aromatic N) is 2. The molecule has 3 rings (SSSR count). The van der Waals surface area contributed by atoms with E-state index in [1.807, 2.05) is 10.3 Å². The Labute approximate surface area is 135 Å². The van der Waals surface area contributed by atoms with Gasteiger partial charge in [0, 0.05) is 30.3 Å². The van der Waals surface area contributed by atoms with E-state index in [0.29, 0.717) is 24.0 Å². The molecular weight excluding hydrogens is 298 g/mol. The first-order valence-corrected chi connectivity index (χ1v) is 8.75. The molecule has 1 unspecified atom stereocenters. The fourth-order valence-corrected chi connectivity index (χ4v) is 3.56. The number of amides is 2. The quantitative estimate of drug-likeness (QED) is 0.927. The average Bonchev–Trinajstić information content (AvgIpc) is 2.96. The fourth-order valence-electron chi connectivity index (χ4n) is 2.62. The molecule has 1 aromatic rings. The van der Waals surface area contributed by atoms with Crippen LogP contribution < -0.4 is 5.32 Å². The first kappa shape index (κ1) is 15.5. The molecule has 0 bridgehead atoms. The smallest absolute Gasteiger partial charge is 0.231 e. The van der Waals surface area contributed by atoms with Crippen molar-refractivity contribution in [3.63, 3.8) is 0 Å². The van der Waals surface area contributed by atoms with Crippen LogP contribution in [0.5, 0.6) is 0 Å². The van der Waals surface area contributed by atoms with Crippen molar-refractivity contribution in [2.45, 2.75) is 45.4 Å². The van der Waals surface area contributed by atoms with Crippen molar-refractivity contribution in [2.75, 3.05) is 18.4 Å². The van der Waals surface area contributed by atoms with Gasteiger partial charge in [-0.15, -0.1) is 11.3 Å². The van der Waals surface area contributed by atoms with E-state index >= 15 is 0 Å². The molecule has 5 nitrogen and oxygen atoms in total. The lowest BCUT2D eigenvalue weighted by molar-refractivity contribution is -0.128. The number of likely N-dealkylation sites (tertiary alicyclic amines) is 1. The molecule has 120 valence electrons. The lowest BCUT2D eigenvalue weighted by Gasteiger charge is -2.16. The Balaban J connectivity index is 1.58. The van der Waals surface area contributed by atoms with E-state index in [-0.39, 0.29) is 23.1 Å². The minimum atomic E-state index is -0.242. The van der Waals surface area contributed by atoms with Crippen LogP contribution in [0.1, 0.15) is 45.7 Å². The van der Waals surface area contributed by atoms with Crippen LogP contribution in [0.25, 0.3) is 0 Å². The van der Waals surface area contributed by atoms with Gasteiger partial charge in [-0.05, 0) is 18.8 Å². The van der Waals surface area contributed by atoms with E-state index in [1.165, 1.54) is 24.2 Å². The second-order valence-electron chi connectivity index (χ2n) is 7.42. The van der Waals surface area contributed by atoms with Gasteiger partial charge in [-0.1, -0.05) is 20.8 Å². The van der Waals surface area contributed by atoms with Crippen LogP contribution in [0, 0.1) is 11.8 Å². The Kier molecular flexibility index (Phi) is 3.97. The highest BCUT2D eigenvalue weighted by molar-refractivity contribution is 7.13. The van der Waals surface area contributed by atoms with Crippen molar-refractivity contribution >= 4 is 28.3 Å². The Morgan fingerprint density at radius 1 is 1.45 bits per heavy atom. The van der Waals surface area contributed by atoms with Gasteiger partial charge in [0.15, 0.2) is 5.13 Å². The summed E-state index contributed by atoms with van der Waals surface area (Å²) in [5.74, 6) is 0.454. The van der Waals surface area contributed by atoms with Gasteiger partial charge < -0.3 is 10.2 Å². The van der Waals surface area contributed by atoms with Crippen molar-refractivity contribution in [1.29, 1.82) is 0 Å². The number of thiazole rings is 1. The van der Waals surface area contributed by atoms with Crippen LogP contribution in [0.4, 0.5) is 5.13 Å². The number of rotatable bonds is 4. The van der Waals surface area contributed by atoms with Gasteiger partial charge >= 0.3 is 0 Å². The van der Waals surface area contributed by atoms with Gasteiger partial charge in [-0.2, -0.15) is 0 Å². The fraction of sp³-hybridized carbons (Fsp3) is 0.688. The zero-order valence-electron chi connectivity index (χ0n) is 13.4. The van der Waals surface area contributed by atoms with Gasteiger partial charge in [0.1, 0.15) is 0 Å². The van der Waals surface area contributed by atoms with Crippen molar-refractivity contribution in [3.8, 4) is 0 Å². The lowest BCUT2D eigenvalue weighted by atomic mass is 9.93. The topological polar surface area (TPSA) is 62.3 Å². The van der Waals surface area contributed by atoms with Gasteiger partial charge in [0.05, 0.1) is 11.6 Å². The summed E-state index contributed by atoms with van der Waals surface area (Å²) in [6.07, 6.45) is 2.76. The van der Waals surface area contributed by atoms with E-state index in [4.69, 9.17) is 0 Å². The van der Waals surface area contributed by atoms with Crippen molar-refractivity contribution in [2.24, 2.45) is 11.8 Å². The molecule has 1 aliphatic carbocycles. The van der Waals surface area contributed by atoms with Gasteiger partial charge in [-0.25, -0.2) is 4.98 Å². The molecule has 1 saturated heterocycles. The summed E-state index contributed by atoms with van der Waals surface area (Å²) in [5.41, 5.74) is 0.954. The zero-order chi connectivity index (χ0) is 15.9. The summed E-state index contributed by atoms with van der Waals surface area (Å²) < 4.78 is 0. The van der Waals surface area contributed by atoms with Gasteiger partial charge in [0.25, 0.3) is 0 Å². The molecule has 2 fully saturated rings. The molecule has 2 heterocycles. The third-order valence-corrected chi connectivity index (χ3v) is 5.02. The zero-order valence-corrected chi connectivity index (χ0v) is 14.2. The monoisotopic (exact) mass is 321 g/mol. The summed E-state index contributed by atoms with van der Waals surface area (Å²) in [5, 5.41) is 5.48. The highest BCUT2D eigenvalue weighted by Crippen LogP contribution is 2.32. The number of carbonyl (C=O) groups is 2. The summed E-state index contributed by atoms with van der Waals surface area (Å²) in [7, 11) is 0. The number of hydrogen-bond acceptors (Lipinski definition) is 4. The minimum absolute atomic E-state index is 0.0239. The Morgan fingerprint density at radius 2 is 2.18 bits per heavy atom. The van der Waals surface area contributed by atoms with Crippen LogP contribution in [0.2, 0.25) is 0 Å². The molecule has 1 aliphatic heterocycles. The predicted molar refractivity (Wildman–Crippen MR) is 86.9 cm³/mol. The van der Waals surface area contributed by atoms with E-state index in [1.54, 1.807) is 0 Å². The second-order valence-corrected chi connectivity index (χ2v) is 8.28. The first-order valence-electron chi connectivity index (χ1n) is 7.87. The molecule has 0 radical (unpaired) electrons. The highest BCUT2D eigenvalue weighted by Gasteiger charge is 2.37. The molecule has 1 atom stereocenters. The molecule has 2 aliphatic rings. The average molecular weight is 321 g/mol. The van der Waals surface area contributed by atoms with Crippen LogP contribution in [-0.2, 0) is 15.0 Å². The normalized spacial score (nSPS) is 22.2. The van der Waals surface area contributed by atoms with Crippen LogP contribution in [0.3, 0.4) is 0 Å². The predicted octanol–water partition coefficient (Wildman–Crippen LogP) is 2.64. The Hall–Kier alpha value is -1.43. The van der Waals surface area contributed by atoms with Crippen LogP contribution >= 0.6 is 11.3 Å². The molecule has 1 saturated carbocycles. The molecule has 2 amide bonds. The summed E-state index contributed by atoms with van der Waals surface area (Å²) >= 11 is 1.44. The van der Waals surface area contributed by atoms with Crippen molar-refractivity contribution < 1.29 is 9.59 Å². The lowest BCUT2D eigenvalue weighted by Crippen LogP contribution is -2.29. The maximum absolute atomic E-state index is 12.3. The van der Waals surface area contributed by atoms with Crippen molar-refractivity contribution in [1.82, 2.24) is 9.88 Å². The highest BCUT2D eigenvalue weighted by atomic mass is 32.1. The first-order chi connectivity index (χ1) is 10.3. The molecule has 0 aromatic carbocycles. The van der Waals surface area contributed by atoms with E-state index in [0.717, 1.165) is 12.2 Å². The number of anilines is 1. The van der Waals surface area contributed by atoms with Gasteiger partial charge in [0.2, 0.25) is 11.8 Å². The number of hydrogen-bond donors (Lipinski definition) is 1. The van der Waals surface area contributed by atoms with E-state index in [9.17, 15) is 9.59 Å². The largest absolute Gasteiger partial charge is 0.342 e. The maximum atomic E-state index is 12.3. The van der Waals surface area contributed by atoms with E-state index < -0.39 is 0 Å².